The molecule has 114 valence electrons. The van der Waals surface area contributed by atoms with Crippen molar-refractivity contribution < 1.29 is 19.0 Å². The number of aliphatic hydroxyl groups excluding tert-OH is 1. The Morgan fingerprint density at radius 1 is 1.20 bits per heavy atom. The van der Waals surface area contributed by atoms with Gasteiger partial charge in [0.05, 0.1) is 25.4 Å². The topological polar surface area (TPSA) is 50.7 Å². The molecule has 2 N–H and O–H groups in total. The fraction of sp³-hybridized carbons (Fsp3) is 0.600. The molecular formula is C15H24FNO3. The van der Waals surface area contributed by atoms with Gasteiger partial charge in [-0.3, -0.25) is 0 Å². The molecule has 0 amide bonds. The molecule has 0 bridgehead atoms. The van der Waals surface area contributed by atoms with Gasteiger partial charge in [0.15, 0.2) is 0 Å². The number of hydrogen-bond donors (Lipinski definition) is 2. The van der Waals surface area contributed by atoms with Crippen molar-refractivity contribution in [1.29, 1.82) is 0 Å². The fourth-order valence-corrected chi connectivity index (χ4v) is 1.80. The molecule has 1 aromatic rings. The minimum atomic E-state index is -0.586. The van der Waals surface area contributed by atoms with Crippen LogP contribution in [0.4, 0.5) is 4.39 Å². The second kappa shape index (κ2) is 9.02. The minimum absolute atomic E-state index is 0.0378. The summed E-state index contributed by atoms with van der Waals surface area (Å²) in [5.74, 6) is -0.249. The SMILES string of the molecule is COCC(C)OCC(O)CNC(C)c1ccc(F)cc1. The summed E-state index contributed by atoms with van der Waals surface area (Å²) in [6, 6.07) is 6.37. The van der Waals surface area contributed by atoms with Crippen LogP contribution in [0.3, 0.4) is 0 Å². The van der Waals surface area contributed by atoms with E-state index >= 15 is 0 Å². The van der Waals surface area contributed by atoms with Gasteiger partial charge in [0, 0.05) is 19.7 Å². The van der Waals surface area contributed by atoms with Crippen LogP contribution in [-0.4, -0.2) is 44.2 Å². The Hall–Kier alpha value is -1.01. The van der Waals surface area contributed by atoms with Crippen LogP contribution in [0.2, 0.25) is 0 Å². The highest BCUT2D eigenvalue weighted by Crippen LogP contribution is 2.12. The average molecular weight is 285 g/mol. The number of benzene rings is 1. The van der Waals surface area contributed by atoms with Crippen LogP contribution in [0.5, 0.6) is 0 Å². The van der Waals surface area contributed by atoms with Gasteiger partial charge < -0.3 is 19.9 Å². The second-order valence-electron chi connectivity index (χ2n) is 4.93. The van der Waals surface area contributed by atoms with E-state index in [0.29, 0.717) is 13.2 Å². The predicted octanol–water partition coefficient (Wildman–Crippen LogP) is 1.89. The quantitative estimate of drug-likeness (QED) is 0.727. The van der Waals surface area contributed by atoms with Crippen LogP contribution in [-0.2, 0) is 9.47 Å². The van der Waals surface area contributed by atoms with Gasteiger partial charge in [-0.15, -0.1) is 0 Å². The smallest absolute Gasteiger partial charge is 0.123 e. The molecule has 0 fully saturated rings. The lowest BCUT2D eigenvalue weighted by molar-refractivity contribution is -0.0315. The van der Waals surface area contributed by atoms with Gasteiger partial charge >= 0.3 is 0 Å². The zero-order chi connectivity index (χ0) is 15.0. The lowest BCUT2D eigenvalue weighted by Gasteiger charge is -2.19. The maximum Gasteiger partial charge on any atom is 0.123 e. The van der Waals surface area contributed by atoms with E-state index in [2.05, 4.69) is 5.32 Å². The Bertz CT molecular complexity index is 372. The van der Waals surface area contributed by atoms with Gasteiger partial charge in [-0.2, -0.15) is 0 Å². The van der Waals surface area contributed by atoms with Crippen molar-refractivity contribution in [3.63, 3.8) is 0 Å². The molecule has 4 nitrogen and oxygen atoms in total. The summed E-state index contributed by atoms with van der Waals surface area (Å²) in [5, 5.41) is 13.0. The highest BCUT2D eigenvalue weighted by atomic mass is 19.1. The molecule has 0 spiro atoms. The number of methoxy groups -OCH3 is 1. The molecule has 0 saturated heterocycles. The van der Waals surface area contributed by atoms with Crippen molar-refractivity contribution in [2.75, 3.05) is 26.9 Å². The first-order valence-corrected chi connectivity index (χ1v) is 6.80. The van der Waals surface area contributed by atoms with Gasteiger partial charge in [0.2, 0.25) is 0 Å². The normalized spacial score (nSPS) is 15.8. The maximum atomic E-state index is 12.8. The van der Waals surface area contributed by atoms with Crippen molar-refractivity contribution in [2.24, 2.45) is 0 Å². The van der Waals surface area contributed by atoms with Crippen LogP contribution < -0.4 is 5.32 Å². The summed E-state index contributed by atoms with van der Waals surface area (Å²) in [4.78, 5) is 0. The molecular weight excluding hydrogens is 261 g/mol. The van der Waals surface area contributed by atoms with Gasteiger partial charge in [-0.05, 0) is 31.5 Å². The minimum Gasteiger partial charge on any atom is -0.389 e. The van der Waals surface area contributed by atoms with Crippen molar-refractivity contribution >= 4 is 0 Å². The molecule has 0 heterocycles. The number of nitrogens with one attached hydrogen (secondary N) is 1. The fourth-order valence-electron chi connectivity index (χ4n) is 1.80. The molecule has 3 atom stereocenters. The Morgan fingerprint density at radius 3 is 2.45 bits per heavy atom. The largest absolute Gasteiger partial charge is 0.389 e. The van der Waals surface area contributed by atoms with Gasteiger partial charge in [-0.1, -0.05) is 12.1 Å². The highest BCUT2D eigenvalue weighted by Gasteiger charge is 2.11. The van der Waals surface area contributed by atoms with E-state index < -0.39 is 6.10 Å². The van der Waals surface area contributed by atoms with E-state index in [1.165, 1.54) is 12.1 Å². The zero-order valence-electron chi connectivity index (χ0n) is 12.3. The molecule has 0 radical (unpaired) electrons. The standard InChI is InChI=1S/C15H24FNO3/c1-11(9-19-3)20-10-15(18)8-17-12(2)13-4-6-14(16)7-5-13/h4-7,11-12,15,17-18H,8-10H2,1-3H3. The summed E-state index contributed by atoms with van der Waals surface area (Å²) >= 11 is 0. The lowest BCUT2D eigenvalue weighted by Crippen LogP contribution is -2.33. The first kappa shape index (κ1) is 17.0. The Labute approximate surface area is 119 Å². The molecule has 5 heteroatoms. The number of aliphatic hydroxyl groups is 1. The summed E-state index contributed by atoms with van der Waals surface area (Å²) in [7, 11) is 1.61. The third-order valence-electron chi connectivity index (χ3n) is 3.00. The molecule has 1 rings (SSSR count). The second-order valence-corrected chi connectivity index (χ2v) is 4.93. The van der Waals surface area contributed by atoms with E-state index in [0.717, 1.165) is 5.56 Å². The highest BCUT2D eigenvalue weighted by molar-refractivity contribution is 5.19. The zero-order valence-corrected chi connectivity index (χ0v) is 12.3. The third-order valence-corrected chi connectivity index (χ3v) is 3.00. The molecule has 0 aliphatic heterocycles. The van der Waals surface area contributed by atoms with E-state index in [1.54, 1.807) is 19.2 Å². The molecule has 0 saturated carbocycles. The van der Waals surface area contributed by atoms with E-state index in [1.807, 2.05) is 13.8 Å². The monoisotopic (exact) mass is 285 g/mol. The van der Waals surface area contributed by atoms with Crippen molar-refractivity contribution in [1.82, 2.24) is 5.32 Å². The molecule has 1 aromatic carbocycles. The van der Waals surface area contributed by atoms with Crippen LogP contribution in [0.1, 0.15) is 25.5 Å². The maximum absolute atomic E-state index is 12.8. The molecule has 3 unspecified atom stereocenters. The Kier molecular flexibility index (Phi) is 7.69. The number of halogens is 1. The van der Waals surface area contributed by atoms with Crippen molar-refractivity contribution in [2.45, 2.75) is 32.1 Å². The summed E-state index contributed by atoms with van der Waals surface area (Å²) in [6.07, 6.45) is -0.624. The molecule has 0 aromatic heterocycles. The van der Waals surface area contributed by atoms with Gasteiger partial charge in [0.25, 0.3) is 0 Å². The van der Waals surface area contributed by atoms with Crippen LogP contribution in [0.15, 0.2) is 24.3 Å². The van der Waals surface area contributed by atoms with Crippen molar-refractivity contribution in [3.8, 4) is 0 Å². The molecule has 0 aliphatic rings. The van der Waals surface area contributed by atoms with E-state index in [9.17, 15) is 9.50 Å². The Morgan fingerprint density at radius 2 is 1.85 bits per heavy atom. The summed E-state index contributed by atoms with van der Waals surface area (Å²) in [6.45, 7) is 5.04. The summed E-state index contributed by atoms with van der Waals surface area (Å²) < 4.78 is 23.2. The first-order valence-electron chi connectivity index (χ1n) is 6.80. The molecule has 0 aliphatic carbocycles. The van der Waals surface area contributed by atoms with Crippen LogP contribution in [0, 0.1) is 5.82 Å². The number of hydrogen-bond acceptors (Lipinski definition) is 4. The van der Waals surface area contributed by atoms with Gasteiger partial charge in [-0.25, -0.2) is 4.39 Å². The van der Waals surface area contributed by atoms with E-state index in [4.69, 9.17) is 9.47 Å². The predicted molar refractivity (Wildman–Crippen MR) is 76.1 cm³/mol. The van der Waals surface area contributed by atoms with Crippen LogP contribution >= 0.6 is 0 Å². The van der Waals surface area contributed by atoms with Crippen molar-refractivity contribution in [3.05, 3.63) is 35.6 Å². The lowest BCUT2D eigenvalue weighted by atomic mass is 10.1. The summed E-state index contributed by atoms with van der Waals surface area (Å²) in [5.41, 5.74) is 0.979. The number of ether oxygens (including phenoxy) is 2. The Balaban J connectivity index is 2.26. The first-order chi connectivity index (χ1) is 9.52. The van der Waals surface area contributed by atoms with Gasteiger partial charge in [0.1, 0.15) is 5.82 Å². The average Bonchev–Trinajstić information content (AvgIpc) is 2.43. The molecule has 20 heavy (non-hydrogen) atoms. The third kappa shape index (κ3) is 6.43. The van der Waals surface area contributed by atoms with E-state index in [-0.39, 0.29) is 24.6 Å². The number of rotatable bonds is 9. The van der Waals surface area contributed by atoms with Crippen LogP contribution in [0.25, 0.3) is 0 Å².